The summed E-state index contributed by atoms with van der Waals surface area (Å²) in [5.41, 5.74) is 6.33. The average molecular weight is 376 g/mol. The molecule has 1 heterocycles. The van der Waals surface area contributed by atoms with Crippen LogP contribution in [-0.4, -0.2) is 36.0 Å². The summed E-state index contributed by atoms with van der Waals surface area (Å²) in [7, 11) is 0. The van der Waals surface area contributed by atoms with E-state index in [1.807, 2.05) is 13.8 Å². The maximum atomic E-state index is 12.1. The van der Waals surface area contributed by atoms with Crippen molar-refractivity contribution >= 4 is 33.2 Å². The predicted octanol–water partition coefficient (Wildman–Crippen LogP) is 3.14. The Morgan fingerprint density at radius 1 is 1.48 bits per heavy atom. The third kappa shape index (κ3) is 5.70. The highest BCUT2D eigenvalue weighted by atomic mass is 79.9. The molecule has 0 saturated heterocycles. The molecule has 1 amide bonds. The lowest BCUT2D eigenvalue weighted by atomic mass is 10.0. The maximum Gasteiger partial charge on any atom is 0.234 e. The number of carbonyl (C=O) groups is 1. The minimum Gasteiger partial charge on any atom is -0.353 e. The van der Waals surface area contributed by atoms with Crippen LogP contribution < -0.4 is 11.1 Å². The van der Waals surface area contributed by atoms with Crippen molar-refractivity contribution in [2.75, 3.05) is 13.1 Å². The summed E-state index contributed by atoms with van der Waals surface area (Å²) >= 11 is 5.18. The van der Waals surface area contributed by atoms with E-state index in [-0.39, 0.29) is 24.0 Å². The van der Waals surface area contributed by atoms with Gasteiger partial charge in [0, 0.05) is 26.8 Å². The molecule has 4 nitrogen and oxygen atoms in total. The third-order valence-corrected chi connectivity index (χ3v) is 5.12. The Balaban J connectivity index is 2.91. The summed E-state index contributed by atoms with van der Waals surface area (Å²) in [4.78, 5) is 15.4. The number of nitrogens with zero attached hydrogens (tertiary/aromatic N) is 1. The number of hydrogen-bond donors (Lipinski definition) is 2. The second kappa shape index (κ2) is 8.88. The van der Waals surface area contributed by atoms with Gasteiger partial charge < -0.3 is 11.1 Å². The largest absolute Gasteiger partial charge is 0.353 e. The summed E-state index contributed by atoms with van der Waals surface area (Å²) in [6.07, 6.45) is 0.877. The number of thiophene rings is 1. The number of halogens is 1. The molecule has 0 aliphatic rings. The van der Waals surface area contributed by atoms with Gasteiger partial charge in [0.1, 0.15) is 0 Å². The van der Waals surface area contributed by atoms with E-state index in [2.05, 4.69) is 51.4 Å². The molecule has 1 aromatic heterocycles. The minimum absolute atomic E-state index is 0.0161. The van der Waals surface area contributed by atoms with Crippen molar-refractivity contribution in [1.82, 2.24) is 10.2 Å². The standard InChI is InChI=1S/C15H26BrN3OS/c1-5-12(17)15(13-7-11(16)9-21-13)19(6-2)8-14(20)18-10(3)4/h7,9-10,12,15H,5-6,8,17H2,1-4H3,(H,18,20). The molecule has 0 aliphatic heterocycles. The highest BCUT2D eigenvalue weighted by Gasteiger charge is 2.27. The fourth-order valence-corrected chi connectivity index (χ4v) is 3.98. The smallest absolute Gasteiger partial charge is 0.234 e. The first-order valence-corrected chi connectivity index (χ1v) is 9.09. The molecule has 1 rings (SSSR count). The second-order valence-corrected chi connectivity index (χ2v) is 7.33. The third-order valence-electron chi connectivity index (χ3n) is 3.35. The monoisotopic (exact) mass is 375 g/mol. The van der Waals surface area contributed by atoms with Crippen molar-refractivity contribution in [3.05, 3.63) is 20.8 Å². The fraction of sp³-hybridized carbons (Fsp3) is 0.667. The summed E-state index contributed by atoms with van der Waals surface area (Å²) in [5, 5.41) is 5.01. The fourth-order valence-electron chi connectivity index (χ4n) is 2.33. The molecule has 2 unspecified atom stereocenters. The van der Waals surface area contributed by atoms with Gasteiger partial charge in [-0.25, -0.2) is 0 Å². The van der Waals surface area contributed by atoms with Gasteiger partial charge in [-0.1, -0.05) is 13.8 Å². The van der Waals surface area contributed by atoms with Crippen molar-refractivity contribution in [1.29, 1.82) is 0 Å². The van der Waals surface area contributed by atoms with Crippen molar-refractivity contribution in [3.8, 4) is 0 Å². The molecule has 2 atom stereocenters. The molecular formula is C15H26BrN3OS. The average Bonchev–Trinajstić information content (AvgIpc) is 2.82. The van der Waals surface area contributed by atoms with Gasteiger partial charge in [0.15, 0.2) is 0 Å². The van der Waals surface area contributed by atoms with E-state index in [0.717, 1.165) is 17.4 Å². The van der Waals surface area contributed by atoms with Crippen LogP contribution in [0.4, 0.5) is 0 Å². The van der Waals surface area contributed by atoms with E-state index >= 15 is 0 Å². The summed E-state index contributed by atoms with van der Waals surface area (Å²) in [6.45, 7) is 9.27. The molecule has 120 valence electrons. The van der Waals surface area contributed by atoms with Gasteiger partial charge in [-0.3, -0.25) is 9.69 Å². The lowest BCUT2D eigenvalue weighted by Crippen LogP contribution is -2.46. The molecule has 0 aliphatic carbocycles. The molecule has 1 aromatic rings. The summed E-state index contributed by atoms with van der Waals surface area (Å²) in [6, 6.07) is 2.36. The van der Waals surface area contributed by atoms with Crippen LogP contribution in [0, 0.1) is 0 Å². The Morgan fingerprint density at radius 3 is 2.57 bits per heavy atom. The first kappa shape index (κ1) is 18.6. The van der Waals surface area contributed by atoms with Gasteiger partial charge in [-0.15, -0.1) is 11.3 Å². The SMILES string of the molecule is CCC(N)C(c1cc(Br)cs1)N(CC)CC(=O)NC(C)C. The first-order chi connectivity index (χ1) is 9.88. The Morgan fingerprint density at radius 2 is 2.14 bits per heavy atom. The van der Waals surface area contributed by atoms with Gasteiger partial charge >= 0.3 is 0 Å². The summed E-state index contributed by atoms with van der Waals surface area (Å²) in [5.74, 6) is 0.0516. The Kier molecular flexibility index (Phi) is 7.87. The van der Waals surface area contributed by atoms with Crippen LogP contribution in [0.1, 0.15) is 45.0 Å². The van der Waals surface area contributed by atoms with E-state index in [1.54, 1.807) is 11.3 Å². The quantitative estimate of drug-likeness (QED) is 0.733. The number of nitrogens with one attached hydrogen (secondary N) is 1. The van der Waals surface area contributed by atoms with Crippen LogP contribution in [-0.2, 0) is 4.79 Å². The van der Waals surface area contributed by atoms with E-state index < -0.39 is 0 Å². The van der Waals surface area contributed by atoms with Crippen molar-refractivity contribution in [2.45, 2.75) is 52.2 Å². The van der Waals surface area contributed by atoms with Crippen LogP contribution in [0.15, 0.2) is 15.9 Å². The zero-order valence-corrected chi connectivity index (χ0v) is 15.6. The number of nitrogens with two attached hydrogens (primary N) is 1. The number of amides is 1. The molecule has 21 heavy (non-hydrogen) atoms. The molecule has 0 fully saturated rings. The van der Waals surface area contributed by atoms with Gasteiger partial charge in [0.2, 0.25) is 5.91 Å². The highest BCUT2D eigenvalue weighted by molar-refractivity contribution is 9.10. The Bertz CT molecular complexity index is 450. The second-order valence-electron chi connectivity index (χ2n) is 5.47. The normalized spacial score (nSPS) is 14.5. The molecule has 0 radical (unpaired) electrons. The molecule has 0 saturated carbocycles. The van der Waals surface area contributed by atoms with Gasteiger partial charge in [0.25, 0.3) is 0 Å². The predicted molar refractivity (Wildman–Crippen MR) is 93.6 cm³/mol. The van der Waals surface area contributed by atoms with Crippen LogP contribution in [0.25, 0.3) is 0 Å². The topological polar surface area (TPSA) is 58.4 Å². The molecule has 6 heteroatoms. The molecule has 0 aromatic carbocycles. The van der Waals surface area contributed by atoms with Crippen molar-refractivity contribution in [3.63, 3.8) is 0 Å². The number of rotatable bonds is 8. The minimum atomic E-state index is 0.0161. The van der Waals surface area contributed by atoms with E-state index in [1.165, 1.54) is 4.88 Å². The molecule has 3 N–H and O–H groups in total. The molecule has 0 spiro atoms. The molecular weight excluding hydrogens is 350 g/mol. The Labute approximate surface area is 140 Å². The lowest BCUT2D eigenvalue weighted by Gasteiger charge is -2.33. The van der Waals surface area contributed by atoms with E-state index in [9.17, 15) is 4.79 Å². The van der Waals surface area contributed by atoms with E-state index in [0.29, 0.717) is 6.54 Å². The lowest BCUT2D eigenvalue weighted by molar-refractivity contribution is -0.123. The van der Waals surface area contributed by atoms with Crippen molar-refractivity contribution in [2.24, 2.45) is 5.73 Å². The van der Waals surface area contributed by atoms with Gasteiger partial charge in [-0.2, -0.15) is 0 Å². The van der Waals surface area contributed by atoms with Crippen LogP contribution in [0.2, 0.25) is 0 Å². The zero-order chi connectivity index (χ0) is 16.0. The van der Waals surface area contributed by atoms with Crippen LogP contribution in [0.3, 0.4) is 0 Å². The van der Waals surface area contributed by atoms with Gasteiger partial charge in [-0.05, 0) is 48.8 Å². The number of hydrogen-bond acceptors (Lipinski definition) is 4. The molecule has 0 bridgehead atoms. The highest BCUT2D eigenvalue weighted by Crippen LogP contribution is 2.32. The first-order valence-electron chi connectivity index (χ1n) is 7.41. The van der Waals surface area contributed by atoms with Crippen molar-refractivity contribution < 1.29 is 4.79 Å². The number of carbonyl (C=O) groups excluding carboxylic acids is 1. The van der Waals surface area contributed by atoms with Crippen LogP contribution >= 0.6 is 27.3 Å². The van der Waals surface area contributed by atoms with E-state index in [4.69, 9.17) is 5.73 Å². The maximum absolute atomic E-state index is 12.1. The number of likely N-dealkylation sites (N-methyl/N-ethyl adjacent to an activating group) is 1. The van der Waals surface area contributed by atoms with Gasteiger partial charge in [0.05, 0.1) is 12.6 Å². The van der Waals surface area contributed by atoms with Crippen LogP contribution in [0.5, 0.6) is 0 Å². The zero-order valence-electron chi connectivity index (χ0n) is 13.2. The Hall–Kier alpha value is -0.430. The summed E-state index contributed by atoms with van der Waals surface area (Å²) < 4.78 is 1.07.